The second kappa shape index (κ2) is 5.84. The molecule has 1 atom stereocenters. The Morgan fingerprint density at radius 3 is 2.24 bits per heavy atom. The van der Waals surface area contributed by atoms with Crippen LogP contribution in [0.25, 0.3) is 0 Å². The van der Waals surface area contributed by atoms with Gasteiger partial charge in [0.05, 0.1) is 17.6 Å². The van der Waals surface area contributed by atoms with E-state index >= 15 is 0 Å². The third kappa shape index (κ3) is 2.81. The lowest BCUT2D eigenvalue weighted by Gasteiger charge is -2.38. The van der Waals surface area contributed by atoms with Gasteiger partial charge in [0.1, 0.15) is 0 Å². The van der Waals surface area contributed by atoms with Crippen molar-refractivity contribution in [3.05, 3.63) is 0 Å². The fraction of sp³-hybridized carbons (Fsp3) is 0.929. The number of nitriles is 1. The predicted molar refractivity (Wildman–Crippen MR) is 65.3 cm³/mol. The van der Waals surface area contributed by atoms with Gasteiger partial charge in [-0.25, -0.2) is 0 Å². The largest absolute Gasteiger partial charge is 0.391 e. The Morgan fingerprint density at radius 2 is 1.71 bits per heavy atom. The number of nitrogens with zero attached hydrogens (tertiary/aromatic N) is 1. The van der Waals surface area contributed by atoms with Gasteiger partial charge in [0.2, 0.25) is 0 Å². The Balaban J connectivity index is 2.04. The van der Waals surface area contributed by atoms with E-state index in [9.17, 15) is 10.4 Å². The summed E-state index contributed by atoms with van der Waals surface area (Å²) in [4.78, 5) is 0. The van der Waals surface area contributed by atoms with Crippen molar-refractivity contribution in [2.45, 2.75) is 57.5 Å². The van der Waals surface area contributed by atoms with Crippen molar-refractivity contribution < 1.29 is 9.84 Å². The average Bonchev–Trinajstić information content (AvgIpc) is 2.67. The number of aliphatic hydroxyl groups is 1. The molecule has 1 aliphatic heterocycles. The summed E-state index contributed by atoms with van der Waals surface area (Å²) < 4.78 is 5.33. The van der Waals surface area contributed by atoms with Gasteiger partial charge < -0.3 is 9.84 Å². The number of hydrogen-bond acceptors (Lipinski definition) is 3. The summed E-state index contributed by atoms with van der Waals surface area (Å²) in [6.07, 6.45) is 8.10. The van der Waals surface area contributed by atoms with Crippen molar-refractivity contribution in [2.24, 2.45) is 11.3 Å². The highest BCUT2D eigenvalue weighted by Crippen LogP contribution is 2.40. The molecule has 0 aromatic rings. The molecule has 0 aromatic heterocycles. The first-order valence-electron chi connectivity index (χ1n) is 6.95. The second-order valence-electron chi connectivity index (χ2n) is 5.58. The van der Waals surface area contributed by atoms with Gasteiger partial charge in [-0.15, -0.1) is 0 Å². The van der Waals surface area contributed by atoms with Gasteiger partial charge in [-0.1, -0.05) is 25.7 Å². The minimum Gasteiger partial charge on any atom is -0.391 e. The van der Waals surface area contributed by atoms with Crippen molar-refractivity contribution in [2.75, 3.05) is 13.2 Å². The van der Waals surface area contributed by atoms with E-state index in [1.165, 1.54) is 25.7 Å². The lowest BCUT2D eigenvalue weighted by Crippen LogP contribution is -2.43. The van der Waals surface area contributed by atoms with Crippen molar-refractivity contribution in [1.29, 1.82) is 5.26 Å². The fourth-order valence-corrected chi connectivity index (χ4v) is 3.29. The van der Waals surface area contributed by atoms with Gasteiger partial charge in [-0.3, -0.25) is 0 Å². The zero-order valence-corrected chi connectivity index (χ0v) is 10.5. The minimum atomic E-state index is -0.534. The molecule has 3 nitrogen and oxygen atoms in total. The molecule has 0 amide bonds. The van der Waals surface area contributed by atoms with Crippen molar-refractivity contribution >= 4 is 0 Å². The maximum absolute atomic E-state index is 10.6. The lowest BCUT2D eigenvalue weighted by molar-refractivity contribution is -0.0572. The Bertz CT molecular complexity index is 270. The van der Waals surface area contributed by atoms with Crippen LogP contribution in [-0.4, -0.2) is 24.4 Å². The maximum atomic E-state index is 10.6. The molecule has 2 fully saturated rings. The lowest BCUT2D eigenvalue weighted by atomic mass is 9.70. The topological polar surface area (TPSA) is 53.2 Å². The highest BCUT2D eigenvalue weighted by molar-refractivity contribution is 5.06. The summed E-state index contributed by atoms with van der Waals surface area (Å²) in [7, 11) is 0. The molecule has 0 spiro atoms. The van der Waals surface area contributed by atoms with Crippen LogP contribution in [0.1, 0.15) is 51.4 Å². The molecule has 2 aliphatic rings. The van der Waals surface area contributed by atoms with E-state index < -0.39 is 11.5 Å². The van der Waals surface area contributed by atoms with Crippen LogP contribution in [0.15, 0.2) is 0 Å². The molecule has 0 aromatic carbocycles. The number of aliphatic hydroxyl groups excluding tert-OH is 1. The van der Waals surface area contributed by atoms with Crippen LogP contribution in [0.5, 0.6) is 0 Å². The quantitative estimate of drug-likeness (QED) is 0.751. The van der Waals surface area contributed by atoms with Crippen molar-refractivity contribution in [3.8, 4) is 6.07 Å². The normalized spacial score (nSPS) is 28.0. The number of ether oxygens (including phenoxy) is 1. The minimum absolute atomic E-state index is 0.329. The molecule has 1 unspecified atom stereocenters. The van der Waals surface area contributed by atoms with E-state index in [0.29, 0.717) is 32.0 Å². The van der Waals surface area contributed by atoms with E-state index in [2.05, 4.69) is 6.07 Å². The predicted octanol–water partition coefficient (Wildman–Crippen LogP) is 2.64. The van der Waals surface area contributed by atoms with E-state index in [1.807, 2.05) is 0 Å². The molecule has 1 saturated carbocycles. The second-order valence-corrected chi connectivity index (χ2v) is 5.58. The first-order chi connectivity index (χ1) is 8.28. The van der Waals surface area contributed by atoms with Crippen LogP contribution in [0.2, 0.25) is 0 Å². The summed E-state index contributed by atoms with van der Waals surface area (Å²) in [6, 6.07) is 2.40. The van der Waals surface area contributed by atoms with E-state index in [4.69, 9.17) is 4.74 Å². The smallest absolute Gasteiger partial charge is 0.0878 e. The van der Waals surface area contributed by atoms with E-state index in [0.717, 1.165) is 12.8 Å². The Kier molecular flexibility index (Phi) is 4.42. The third-order valence-electron chi connectivity index (χ3n) is 4.52. The SMILES string of the molecule is N#CC1(C(O)C2CCCCCC2)CCOCC1. The zero-order chi connectivity index (χ0) is 12.1. The molecule has 1 heterocycles. The van der Waals surface area contributed by atoms with Crippen LogP contribution in [0.3, 0.4) is 0 Å². The Morgan fingerprint density at radius 1 is 1.12 bits per heavy atom. The van der Waals surface area contributed by atoms with Gasteiger partial charge in [-0.05, 0) is 31.6 Å². The molecule has 0 radical (unpaired) electrons. The first kappa shape index (κ1) is 12.9. The third-order valence-corrected chi connectivity index (χ3v) is 4.52. The molecular weight excluding hydrogens is 214 g/mol. The summed E-state index contributed by atoms with van der Waals surface area (Å²) >= 11 is 0. The fourth-order valence-electron chi connectivity index (χ4n) is 3.29. The average molecular weight is 237 g/mol. The van der Waals surface area contributed by atoms with E-state index in [-0.39, 0.29) is 0 Å². The highest BCUT2D eigenvalue weighted by Gasteiger charge is 2.43. The van der Waals surface area contributed by atoms with E-state index in [1.54, 1.807) is 0 Å². The number of rotatable bonds is 2. The summed E-state index contributed by atoms with van der Waals surface area (Å²) in [5.41, 5.74) is -0.534. The molecule has 1 aliphatic carbocycles. The van der Waals surface area contributed by atoms with Gasteiger partial charge >= 0.3 is 0 Å². The van der Waals surface area contributed by atoms with Crippen LogP contribution in [0, 0.1) is 22.7 Å². The van der Waals surface area contributed by atoms with Crippen LogP contribution < -0.4 is 0 Å². The molecule has 2 rings (SSSR count). The van der Waals surface area contributed by atoms with Crippen LogP contribution >= 0.6 is 0 Å². The van der Waals surface area contributed by atoms with Crippen LogP contribution in [0.4, 0.5) is 0 Å². The van der Waals surface area contributed by atoms with Gasteiger partial charge in [-0.2, -0.15) is 5.26 Å². The standard InChI is InChI=1S/C14H23NO2/c15-11-14(7-9-17-10-8-14)13(16)12-5-3-1-2-4-6-12/h12-13,16H,1-10H2. The Hall–Kier alpha value is -0.590. The van der Waals surface area contributed by atoms with Gasteiger partial charge in [0, 0.05) is 13.2 Å². The zero-order valence-electron chi connectivity index (χ0n) is 10.5. The molecular formula is C14H23NO2. The number of hydrogen-bond donors (Lipinski definition) is 1. The summed E-state index contributed by atoms with van der Waals surface area (Å²) in [5, 5.41) is 20.0. The monoisotopic (exact) mass is 237 g/mol. The summed E-state index contributed by atoms with van der Waals surface area (Å²) in [5.74, 6) is 0.329. The van der Waals surface area contributed by atoms with Gasteiger partial charge in [0.15, 0.2) is 0 Å². The van der Waals surface area contributed by atoms with Crippen molar-refractivity contribution in [3.63, 3.8) is 0 Å². The highest BCUT2D eigenvalue weighted by atomic mass is 16.5. The maximum Gasteiger partial charge on any atom is 0.0878 e. The Labute approximate surface area is 104 Å². The molecule has 17 heavy (non-hydrogen) atoms. The molecule has 1 N–H and O–H groups in total. The first-order valence-corrected chi connectivity index (χ1v) is 6.95. The summed E-state index contributed by atoms with van der Waals surface area (Å²) in [6.45, 7) is 1.24. The van der Waals surface area contributed by atoms with Gasteiger partial charge in [0.25, 0.3) is 0 Å². The molecule has 96 valence electrons. The molecule has 3 heteroatoms. The molecule has 0 bridgehead atoms. The molecule has 1 saturated heterocycles. The van der Waals surface area contributed by atoms with Crippen molar-refractivity contribution in [1.82, 2.24) is 0 Å². The van der Waals surface area contributed by atoms with Crippen LogP contribution in [-0.2, 0) is 4.74 Å².